The van der Waals surface area contributed by atoms with E-state index in [2.05, 4.69) is 0 Å². The van der Waals surface area contributed by atoms with Gasteiger partial charge < -0.3 is 4.90 Å². The fourth-order valence-electron chi connectivity index (χ4n) is 2.39. The molecule has 0 saturated heterocycles. The predicted octanol–water partition coefficient (Wildman–Crippen LogP) is 2.84. The summed E-state index contributed by atoms with van der Waals surface area (Å²) in [4.78, 5) is 2.04. The summed E-state index contributed by atoms with van der Waals surface area (Å²) in [5.74, 6) is 0. The van der Waals surface area contributed by atoms with Crippen LogP contribution in [0.15, 0.2) is 53.4 Å². The molecule has 0 saturated carbocycles. The highest BCUT2D eigenvalue weighted by molar-refractivity contribution is 7.89. The minimum atomic E-state index is -3.72. The summed E-state index contributed by atoms with van der Waals surface area (Å²) in [7, 11) is 0.192. The van der Waals surface area contributed by atoms with Crippen LogP contribution >= 0.6 is 0 Å². The van der Waals surface area contributed by atoms with E-state index in [4.69, 9.17) is 0 Å². The molecule has 0 heterocycles. The molecule has 0 bridgehead atoms. The number of hydrogen-bond acceptors (Lipinski definition) is 4. The van der Waals surface area contributed by atoms with Crippen molar-refractivity contribution in [1.82, 2.24) is 4.31 Å². The maximum absolute atomic E-state index is 12.9. The van der Waals surface area contributed by atoms with Crippen LogP contribution in [0, 0.1) is 11.3 Å². The Hall–Kier alpha value is -2.36. The molecule has 2 aromatic rings. The number of anilines is 1. The highest BCUT2D eigenvalue weighted by atomic mass is 32.2. The molecule has 0 spiro atoms. The van der Waals surface area contributed by atoms with Crippen LogP contribution < -0.4 is 4.90 Å². The summed E-state index contributed by atoms with van der Waals surface area (Å²) >= 11 is 0. The molecule has 0 aliphatic heterocycles. The van der Waals surface area contributed by atoms with Gasteiger partial charge in [-0.2, -0.15) is 9.57 Å². The average Bonchev–Trinajstić information content (AvgIpc) is 2.59. The van der Waals surface area contributed by atoms with Gasteiger partial charge in [0.05, 0.1) is 10.5 Å². The second kappa shape index (κ2) is 7.47. The number of hydrogen-bond donors (Lipinski definition) is 0. The largest absolute Gasteiger partial charge is 0.378 e. The van der Waals surface area contributed by atoms with Crippen molar-refractivity contribution in [2.24, 2.45) is 0 Å². The second-order valence-corrected chi connectivity index (χ2v) is 7.51. The Kier molecular flexibility index (Phi) is 5.60. The van der Waals surface area contributed by atoms with Crippen LogP contribution in [0.4, 0.5) is 5.69 Å². The first-order valence-electron chi connectivity index (χ1n) is 7.65. The summed E-state index contributed by atoms with van der Waals surface area (Å²) in [6, 6.07) is 16.0. The highest BCUT2D eigenvalue weighted by Crippen LogP contribution is 2.22. The first-order valence-corrected chi connectivity index (χ1v) is 9.09. The number of nitriles is 1. The van der Waals surface area contributed by atoms with E-state index >= 15 is 0 Å². The van der Waals surface area contributed by atoms with Crippen LogP contribution in [0.1, 0.15) is 18.1 Å². The molecule has 0 fully saturated rings. The van der Waals surface area contributed by atoms with Crippen molar-refractivity contribution in [3.8, 4) is 6.07 Å². The van der Waals surface area contributed by atoms with E-state index in [1.807, 2.05) is 49.3 Å². The van der Waals surface area contributed by atoms with E-state index in [0.29, 0.717) is 6.54 Å². The van der Waals surface area contributed by atoms with Crippen molar-refractivity contribution in [2.75, 3.05) is 25.5 Å². The summed E-state index contributed by atoms with van der Waals surface area (Å²) in [5.41, 5.74) is 2.12. The van der Waals surface area contributed by atoms with Crippen LogP contribution in [0.3, 0.4) is 0 Å². The highest BCUT2D eigenvalue weighted by Gasteiger charge is 2.25. The molecule has 0 aromatic heterocycles. The monoisotopic (exact) mass is 343 g/mol. The molecule has 0 aliphatic carbocycles. The van der Waals surface area contributed by atoms with Crippen LogP contribution in [0.2, 0.25) is 0 Å². The van der Waals surface area contributed by atoms with E-state index < -0.39 is 10.0 Å². The Balaban J connectivity index is 2.32. The Morgan fingerprint density at radius 1 is 1.04 bits per heavy atom. The number of sulfonamides is 1. The van der Waals surface area contributed by atoms with Gasteiger partial charge in [-0.3, -0.25) is 0 Å². The smallest absolute Gasteiger partial charge is 0.244 e. The molecule has 0 atom stereocenters. The normalized spacial score (nSPS) is 11.3. The van der Waals surface area contributed by atoms with Gasteiger partial charge in [0.15, 0.2) is 0 Å². The van der Waals surface area contributed by atoms with Crippen LogP contribution in [-0.4, -0.2) is 33.4 Å². The first kappa shape index (κ1) is 18.0. The SMILES string of the molecule is CCN(Cc1ccc(N(C)C)cc1)S(=O)(=O)c1ccccc1C#N. The summed E-state index contributed by atoms with van der Waals surface area (Å²) in [5, 5.41) is 9.17. The van der Waals surface area contributed by atoms with Gasteiger partial charge in [-0.25, -0.2) is 8.42 Å². The van der Waals surface area contributed by atoms with E-state index in [-0.39, 0.29) is 17.0 Å². The van der Waals surface area contributed by atoms with E-state index in [1.165, 1.54) is 16.4 Å². The van der Waals surface area contributed by atoms with Crippen LogP contribution in [0.5, 0.6) is 0 Å². The minimum absolute atomic E-state index is 0.0549. The molecule has 0 aliphatic rings. The summed E-state index contributed by atoms with van der Waals surface area (Å²) in [6.45, 7) is 2.39. The van der Waals surface area contributed by atoms with E-state index in [9.17, 15) is 13.7 Å². The molecular weight excluding hydrogens is 322 g/mol. The zero-order valence-electron chi connectivity index (χ0n) is 14.1. The summed E-state index contributed by atoms with van der Waals surface area (Å²) < 4.78 is 27.2. The number of benzene rings is 2. The Morgan fingerprint density at radius 2 is 1.67 bits per heavy atom. The number of nitrogens with zero attached hydrogens (tertiary/aromatic N) is 3. The molecule has 2 aromatic carbocycles. The molecule has 2 rings (SSSR count). The van der Waals surface area contributed by atoms with Crippen molar-refractivity contribution >= 4 is 15.7 Å². The van der Waals surface area contributed by atoms with Gasteiger partial charge in [0.2, 0.25) is 10.0 Å². The van der Waals surface area contributed by atoms with Crippen molar-refractivity contribution in [3.63, 3.8) is 0 Å². The molecule has 0 unspecified atom stereocenters. The van der Waals surface area contributed by atoms with Gasteiger partial charge in [0.1, 0.15) is 6.07 Å². The van der Waals surface area contributed by atoms with Crippen molar-refractivity contribution in [2.45, 2.75) is 18.4 Å². The lowest BCUT2D eigenvalue weighted by Gasteiger charge is -2.21. The molecule has 6 heteroatoms. The fourth-order valence-corrected chi connectivity index (χ4v) is 3.97. The molecular formula is C18H21N3O2S. The van der Waals surface area contributed by atoms with Gasteiger partial charge in [-0.05, 0) is 29.8 Å². The third-order valence-corrected chi connectivity index (χ3v) is 5.77. The quantitative estimate of drug-likeness (QED) is 0.809. The predicted molar refractivity (Wildman–Crippen MR) is 95.2 cm³/mol. The lowest BCUT2D eigenvalue weighted by atomic mass is 10.2. The van der Waals surface area contributed by atoms with E-state index in [0.717, 1.165) is 11.3 Å². The van der Waals surface area contributed by atoms with Crippen LogP contribution in [0.25, 0.3) is 0 Å². The standard InChI is InChI=1S/C18H21N3O2S/c1-4-21(14-15-9-11-17(12-10-15)20(2)3)24(22,23)18-8-6-5-7-16(18)13-19/h5-12H,4,14H2,1-3H3. The average molecular weight is 343 g/mol. The molecule has 0 radical (unpaired) electrons. The zero-order chi connectivity index (χ0) is 17.7. The first-order chi connectivity index (χ1) is 11.4. The molecule has 5 nitrogen and oxygen atoms in total. The van der Waals surface area contributed by atoms with Gasteiger partial charge in [-0.1, -0.05) is 31.2 Å². The van der Waals surface area contributed by atoms with Gasteiger partial charge in [0.25, 0.3) is 0 Å². The topological polar surface area (TPSA) is 64.4 Å². The molecule has 126 valence electrons. The van der Waals surface area contributed by atoms with Gasteiger partial charge >= 0.3 is 0 Å². The van der Waals surface area contributed by atoms with E-state index in [1.54, 1.807) is 19.1 Å². The number of rotatable bonds is 6. The minimum Gasteiger partial charge on any atom is -0.378 e. The Bertz CT molecular complexity index is 837. The zero-order valence-corrected chi connectivity index (χ0v) is 14.9. The second-order valence-electron chi connectivity index (χ2n) is 5.60. The fraction of sp³-hybridized carbons (Fsp3) is 0.278. The maximum atomic E-state index is 12.9. The third kappa shape index (κ3) is 3.75. The van der Waals surface area contributed by atoms with Crippen molar-refractivity contribution in [3.05, 3.63) is 59.7 Å². The van der Waals surface area contributed by atoms with Crippen LogP contribution in [-0.2, 0) is 16.6 Å². The Morgan fingerprint density at radius 3 is 2.21 bits per heavy atom. The lowest BCUT2D eigenvalue weighted by molar-refractivity contribution is 0.423. The molecule has 0 amide bonds. The van der Waals surface area contributed by atoms with Crippen molar-refractivity contribution in [1.29, 1.82) is 5.26 Å². The molecule has 24 heavy (non-hydrogen) atoms. The third-order valence-electron chi connectivity index (χ3n) is 3.79. The lowest BCUT2D eigenvalue weighted by Crippen LogP contribution is -2.31. The van der Waals surface area contributed by atoms with Crippen molar-refractivity contribution < 1.29 is 8.42 Å². The van der Waals surface area contributed by atoms with Gasteiger partial charge in [-0.15, -0.1) is 0 Å². The summed E-state index contributed by atoms with van der Waals surface area (Å²) in [6.07, 6.45) is 0. The van der Waals surface area contributed by atoms with Gasteiger partial charge in [0, 0.05) is 32.9 Å². The Labute approximate surface area is 143 Å². The molecule has 0 N–H and O–H groups in total. The maximum Gasteiger partial charge on any atom is 0.244 e.